The molecule has 6 nitrogen and oxygen atoms in total. The Kier molecular flexibility index (Phi) is 5.21. The molecule has 0 aliphatic carbocycles. The summed E-state index contributed by atoms with van der Waals surface area (Å²) in [5.74, 6) is 0.418. The fourth-order valence-electron chi connectivity index (χ4n) is 2.19. The Hall–Kier alpha value is -1.08. The van der Waals surface area contributed by atoms with Crippen LogP contribution >= 0.6 is 11.8 Å². The molecule has 0 aromatic rings. The summed E-state index contributed by atoms with van der Waals surface area (Å²) in [6.07, 6.45) is 2.35. The molecule has 2 saturated heterocycles. The van der Waals surface area contributed by atoms with E-state index in [9.17, 15) is 14.4 Å². The zero-order valence-electron chi connectivity index (χ0n) is 10.7. The third kappa shape index (κ3) is 4.21. The van der Waals surface area contributed by atoms with Crippen molar-refractivity contribution in [3.8, 4) is 0 Å². The Balaban J connectivity index is 1.63. The summed E-state index contributed by atoms with van der Waals surface area (Å²) in [6.45, 7) is 2.06. The van der Waals surface area contributed by atoms with Crippen molar-refractivity contribution < 1.29 is 19.1 Å². The molecule has 2 aliphatic rings. The Morgan fingerprint density at radius 2 is 2.11 bits per heavy atom. The van der Waals surface area contributed by atoms with E-state index in [4.69, 9.17) is 4.74 Å². The highest BCUT2D eigenvalue weighted by Crippen LogP contribution is 2.19. The Bertz CT molecular complexity index is 353. The highest BCUT2D eigenvalue weighted by atomic mass is 32.2. The number of amides is 3. The van der Waals surface area contributed by atoms with Gasteiger partial charge >= 0.3 is 0 Å². The molecule has 0 atom stereocenters. The fraction of sp³-hybridized carbons (Fsp3) is 0.750. The number of thioether (sulfide) groups is 1. The molecule has 0 bridgehead atoms. The van der Waals surface area contributed by atoms with Crippen LogP contribution in [0.5, 0.6) is 0 Å². The monoisotopic (exact) mass is 286 g/mol. The van der Waals surface area contributed by atoms with Gasteiger partial charge in [0.05, 0.1) is 5.75 Å². The molecule has 3 amide bonds. The second-order valence-electron chi connectivity index (χ2n) is 4.71. The fourth-order valence-corrected chi connectivity index (χ4v) is 2.94. The smallest absolute Gasteiger partial charge is 0.288 e. The lowest BCUT2D eigenvalue weighted by atomic mass is 9.96. The van der Waals surface area contributed by atoms with Gasteiger partial charge in [-0.25, -0.2) is 0 Å². The highest BCUT2D eigenvalue weighted by molar-refractivity contribution is 8.14. The molecular formula is C12H18N2O4S. The lowest BCUT2D eigenvalue weighted by Crippen LogP contribution is -2.38. The average Bonchev–Trinajstić information content (AvgIpc) is 2.71. The van der Waals surface area contributed by atoms with Crippen molar-refractivity contribution in [2.24, 2.45) is 5.92 Å². The maximum Gasteiger partial charge on any atom is 0.288 e. The van der Waals surface area contributed by atoms with Crippen molar-refractivity contribution >= 4 is 28.8 Å². The minimum Gasteiger partial charge on any atom is -0.381 e. The van der Waals surface area contributed by atoms with E-state index in [2.05, 4.69) is 5.32 Å². The molecule has 2 fully saturated rings. The first kappa shape index (κ1) is 14.3. The molecule has 2 heterocycles. The van der Waals surface area contributed by atoms with E-state index in [1.807, 2.05) is 0 Å². The van der Waals surface area contributed by atoms with E-state index >= 15 is 0 Å². The summed E-state index contributed by atoms with van der Waals surface area (Å²) in [4.78, 5) is 35.6. The lowest BCUT2D eigenvalue weighted by molar-refractivity contribution is -0.126. The van der Waals surface area contributed by atoms with Crippen LogP contribution in [0.3, 0.4) is 0 Å². The number of carbonyl (C=O) groups excluding carboxylic acids is 3. The SMILES string of the molecule is O=C(CC1CCOCC1)NCCN1C(=O)CSC1=O. The third-order valence-corrected chi connectivity index (χ3v) is 4.17. The minimum atomic E-state index is -0.219. The summed E-state index contributed by atoms with van der Waals surface area (Å²) in [5.41, 5.74) is 0. The van der Waals surface area contributed by atoms with Gasteiger partial charge in [0.1, 0.15) is 0 Å². The second kappa shape index (κ2) is 6.91. The maximum absolute atomic E-state index is 11.7. The van der Waals surface area contributed by atoms with Crippen molar-refractivity contribution in [3.63, 3.8) is 0 Å². The Morgan fingerprint density at radius 1 is 1.37 bits per heavy atom. The van der Waals surface area contributed by atoms with Crippen molar-refractivity contribution in [1.82, 2.24) is 10.2 Å². The average molecular weight is 286 g/mol. The van der Waals surface area contributed by atoms with Crippen LogP contribution in [-0.4, -0.2) is 54.0 Å². The lowest BCUT2D eigenvalue weighted by Gasteiger charge is -2.21. The topological polar surface area (TPSA) is 75.7 Å². The molecule has 0 aromatic heterocycles. The van der Waals surface area contributed by atoms with E-state index in [1.165, 1.54) is 4.90 Å². The summed E-state index contributed by atoms with van der Waals surface area (Å²) in [6, 6.07) is 0. The molecule has 1 N–H and O–H groups in total. The molecule has 0 saturated carbocycles. The zero-order chi connectivity index (χ0) is 13.7. The van der Waals surface area contributed by atoms with E-state index in [0.29, 0.717) is 18.9 Å². The van der Waals surface area contributed by atoms with Gasteiger partial charge in [-0.1, -0.05) is 11.8 Å². The Labute approximate surface area is 116 Å². The molecule has 0 unspecified atom stereocenters. The van der Waals surface area contributed by atoms with Gasteiger partial charge in [0.15, 0.2) is 0 Å². The van der Waals surface area contributed by atoms with Gasteiger partial charge < -0.3 is 10.1 Å². The first-order valence-corrected chi connectivity index (χ1v) is 7.47. The van der Waals surface area contributed by atoms with Gasteiger partial charge in [-0.3, -0.25) is 19.3 Å². The summed E-state index contributed by atoms with van der Waals surface area (Å²) in [7, 11) is 0. The summed E-state index contributed by atoms with van der Waals surface area (Å²) in [5, 5.41) is 2.54. The molecule has 0 aromatic carbocycles. The number of nitrogens with one attached hydrogen (secondary N) is 1. The minimum absolute atomic E-state index is 0.0151. The predicted molar refractivity (Wildman–Crippen MR) is 70.7 cm³/mol. The number of nitrogens with zero attached hydrogens (tertiary/aromatic N) is 1. The van der Waals surface area contributed by atoms with Crippen molar-refractivity contribution in [2.75, 3.05) is 32.1 Å². The van der Waals surface area contributed by atoms with Gasteiger partial charge in [-0.2, -0.15) is 0 Å². The number of rotatable bonds is 5. The number of hydrogen-bond donors (Lipinski definition) is 1. The van der Waals surface area contributed by atoms with Gasteiger partial charge in [0.25, 0.3) is 5.24 Å². The van der Waals surface area contributed by atoms with Gasteiger partial charge in [-0.15, -0.1) is 0 Å². The van der Waals surface area contributed by atoms with Crippen LogP contribution in [-0.2, 0) is 14.3 Å². The molecule has 2 rings (SSSR count). The summed E-state index contributed by atoms with van der Waals surface area (Å²) >= 11 is 1.01. The maximum atomic E-state index is 11.7. The number of carbonyl (C=O) groups is 3. The zero-order valence-corrected chi connectivity index (χ0v) is 11.5. The van der Waals surface area contributed by atoms with E-state index < -0.39 is 0 Å². The van der Waals surface area contributed by atoms with Crippen LogP contribution in [0, 0.1) is 5.92 Å². The standard InChI is InChI=1S/C12H18N2O4S/c15-10(7-9-1-5-18-6-2-9)13-3-4-14-11(16)8-19-12(14)17/h9H,1-8H2,(H,13,15). The highest BCUT2D eigenvalue weighted by Gasteiger charge is 2.29. The normalized spacial score (nSPS) is 20.9. The van der Waals surface area contributed by atoms with Crippen LogP contribution in [0.15, 0.2) is 0 Å². The molecule has 0 spiro atoms. The quantitative estimate of drug-likeness (QED) is 0.801. The van der Waals surface area contributed by atoms with Crippen LogP contribution < -0.4 is 5.32 Å². The first-order valence-electron chi connectivity index (χ1n) is 6.48. The van der Waals surface area contributed by atoms with Crippen molar-refractivity contribution in [1.29, 1.82) is 0 Å². The number of hydrogen-bond acceptors (Lipinski definition) is 5. The van der Waals surface area contributed by atoms with Gasteiger partial charge in [-0.05, 0) is 18.8 Å². The largest absolute Gasteiger partial charge is 0.381 e. The van der Waals surface area contributed by atoms with Crippen LogP contribution in [0.1, 0.15) is 19.3 Å². The first-order chi connectivity index (χ1) is 9.16. The predicted octanol–water partition coefficient (Wildman–Crippen LogP) is 0.615. The number of imide groups is 1. The molecule has 19 heavy (non-hydrogen) atoms. The molecular weight excluding hydrogens is 268 g/mol. The van der Waals surface area contributed by atoms with Crippen LogP contribution in [0.2, 0.25) is 0 Å². The molecule has 0 radical (unpaired) electrons. The summed E-state index contributed by atoms with van der Waals surface area (Å²) < 4.78 is 5.24. The van der Waals surface area contributed by atoms with Crippen molar-refractivity contribution in [2.45, 2.75) is 19.3 Å². The number of ether oxygens (including phenoxy) is 1. The van der Waals surface area contributed by atoms with Gasteiger partial charge in [0.2, 0.25) is 11.8 Å². The second-order valence-corrected chi connectivity index (χ2v) is 5.64. The molecule has 106 valence electrons. The molecule has 2 aliphatic heterocycles. The Morgan fingerprint density at radius 3 is 2.74 bits per heavy atom. The van der Waals surface area contributed by atoms with E-state index in [0.717, 1.165) is 37.8 Å². The van der Waals surface area contributed by atoms with Crippen LogP contribution in [0.4, 0.5) is 4.79 Å². The van der Waals surface area contributed by atoms with Crippen molar-refractivity contribution in [3.05, 3.63) is 0 Å². The van der Waals surface area contributed by atoms with E-state index in [-0.39, 0.29) is 29.4 Å². The third-order valence-electron chi connectivity index (χ3n) is 3.31. The molecule has 7 heteroatoms. The van der Waals surface area contributed by atoms with E-state index in [1.54, 1.807) is 0 Å². The van der Waals surface area contributed by atoms with Gasteiger partial charge in [0, 0.05) is 32.7 Å². The van der Waals surface area contributed by atoms with Crippen LogP contribution in [0.25, 0.3) is 0 Å².